The van der Waals surface area contributed by atoms with Crippen LogP contribution in [0.15, 0.2) is 42.5 Å². The first-order chi connectivity index (χ1) is 17.0. The van der Waals surface area contributed by atoms with Gasteiger partial charge in [-0.15, -0.1) is 0 Å². The number of aryl methyl sites for hydroxylation is 1. The first-order valence-corrected chi connectivity index (χ1v) is 11.9. The Morgan fingerprint density at radius 1 is 0.914 bits per heavy atom. The maximum Gasteiger partial charge on any atom is 0.225 e. The van der Waals surface area contributed by atoms with E-state index >= 15 is 0 Å². The van der Waals surface area contributed by atoms with E-state index in [1.807, 2.05) is 42.2 Å². The molecule has 1 aliphatic carbocycles. The molecular weight excluding hydrogens is 447 g/mol. The molecule has 0 N–H and O–H groups in total. The Hall–Kier alpha value is -3.68. The van der Waals surface area contributed by atoms with Crippen LogP contribution in [0.25, 0.3) is 0 Å². The molecule has 2 heterocycles. The molecule has 35 heavy (non-hydrogen) atoms. The molecule has 2 aliphatic rings. The zero-order valence-electron chi connectivity index (χ0n) is 20.3. The zero-order chi connectivity index (χ0) is 24.5. The fourth-order valence-electron chi connectivity index (χ4n) is 5.10. The maximum atomic E-state index is 14.2. The van der Waals surface area contributed by atoms with Gasteiger partial charge in [0.05, 0.1) is 36.9 Å². The molecule has 0 radical (unpaired) electrons. The number of benzene rings is 2. The Bertz CT molecular complexity index is 1260. The van der Waals surface area contributed by atoms with Crippen molar-refractivity contribution in [2.45, 2.75) is 25.7 Å². The summed E-state index contributed by atoms with van der Waals surface area (Å²) < 4.78 is 25.0. The van der Waals surface area contributed by atoms with E-state index in [1.54, 1.807) is 20.3 Å². The van der Waals surface area contributed by atoms with Crippen LogP contribution in [-0.2, 0) is 6.42 Å². The first kappa shape index (κ1) is 23.1. The van der Waals surface area contributed by atoms with Crippen molar-refractivity contribution in [1.82, 2.24) is 9.97 Å². The van der Waals surface area contributed by atoms with Gasteiger partial charge in [-0.3, -0.25) is 4.79 Å². The summed E-state index contributed by atoms with van der Waals surface area (Å²) in [7, 11) is 3.22. The molecule has 0 amide bonds. The van der Waals surface area contributed by atoms with Gasteiger partial charge in [-0.25, -0.2) is 14.4 Å². The van der Waals surface area contributed by atoms with E-state index in [0.29, 0.717) is 67.7 Å². The third kappa shape index (κ3) is 4.40. The lowest BCUT2D eigenvalue weighted by molar-refractivity contribution is 0.0962. The topological polar surface area (TPSA) is 67.8 Å². The number of piperazine rings is 1. The van der Waals surface area contributed by atoms with Gasteiger partial charge < -0.3 is 19.3 Å². The molecule has 1 aromatic heterocycles. The van der Waals surface area contributed by atoms with Gasteiger partial charge in [-0.2, -0.15) is 0 Å². The summed E-state index contributed by atoms with van der Waals surface area (Å²) in [5, 5.41) is 0. The number of methoxy groups -OCH3 is 2. The van der Waals surface area contributed by atoms with Crippen LogP contribution in [0.5, 0.6) is 11.5 Å². The summed E-state index contributed by atoms with van der Waals surface area (Å²) in [6.45, 7) is 4.59. The minimum Gasteiger partial charge on any atom is -0.493 e. The Kier molecular flexibility index (Phi) is 6.28. The fraction of sp³-hybridized carbons (Fsp3) is 0.370. The summed E-state index contributed by atoms with van der Waals surface area (Å²) in [5.74, 6) is 1.82. The molecule has 1 atom stereocenters. The Labute approximate surface area is 204 Å². The normalized spacial score (nSPS) is 17.8. The third-order valence-corrected chi connectivity index (χ3v) is 6.94. The highest BCUT2D eigenvalue weighted by Crippen LogP contribution is 2.37. The zero-order valence-corrected chi connectivity index (χ0v) is 20.3. The summed E-state index contributed by atoms with van der Waals surface area (Å²) in [5.41, 5.74) is 3.81. The van der Waals surface area contributed by atoms with Crippen LogP contribution < -0.4 is 19.3 Å². The van der Waals surface area contributed by atoms with Crippen molar-refractivity contribution in [3.05, 3.63) is 70.8 Å². The molecule has 1 unspecified atom stereocenters. The number of ether oxygens (including phenoxy) is 2. The molecular formula is C27H29FN4O3. The molecule has 1 fully saturated rings. The molecule has 182 valence electrons. The van der Waals surface area contributed by atoms with Gasteiger partial charge in [0.25, 0.3) is 0 Å². The molecule has 0 spiro atoms. The first-order valence-electron chi connectivity index (χ1n) is 11.9. The average molecular weight is 477 g/mol. The van der Waals surface area contributed by atoms with E-state index < -0.39 is 0 Å². The Balaban J connectivity index is 1.37. The van der Waals surface area contributed by atoms with Crippen molar-refractivity contribution in [3.8, 4) is 11.5 Å². The van der Waals surface area contributed by atoms with Crippen molar-refractivity contribution in [1.29, 1.82) is 0 Å². The minimum absolute atomic E-state index is 0.00913. The largest absolute Gasteiger partial charge is 0.493 e. The lowest BCUT2D eigenvalue weighted by atomic mass is 9.81. The van der Waals surface area contributed by atoms with Gasteiger partial charge in [0.15, 0.2) is 17.3 Å². The number of hydrogen-bond acceptors (Lipinski definition) is 7. The van der Waals surface area contributed by atoms with Crippen molar-refractivity contribution < 1.29 is 18.7 Å². The van der Waals surface area contributed by atoms with Gasteiger partial charge in [0, 0.05) is 32.6 Å². The number of fused-ring (bicyclic) bond motifs is 1. The number of aromatic nitrogens is 2. The van der Waals surface area contributed by atoms with Crippen LogP contribution in [-0.4, -0.2) is 56.1 Å². The van der Waals surface area contributed by atoms with E-state index in [1.165, 1.54) is 6.07 Å². The van der Waals surface area contributed by atoms with Crippen molar-refractivity contribution in [3.63, 3.8) is 0 Å². The molecule has 1 aliphatic heterocycles. The highest BCUT2D eigenvalue weighted by atomic mass is 19.1. The quantitative estimate of drug-likeness (QED) is 0.547. The van der Waals surface area contributed by atoms with Crippen LogP contribution in [0, 0.1) is 12.7 Å². The third-order valence-electron chi connectivity index (χ3n) is 6.94. The Morgan fingerprint density at radius 2 is 1.63 bits per heavy atom. The van der Waals surface area contributed by atoms with Crippen molar-refractivity contribution >= 4 is 17.4 Å². The number of Topliss-reactive ketones (excluding diaryl/α,β-unsaturated/α-hetero) is 1. The lowest BCUT2D eigenvalue weighted by Crippen LogP contribution is -2.47. The summed E-state index contributed by atoms with van der Waals surface area (Å²) in [4.78, 5) is 26.8. The lowest BCUT2D eigenvalue weighted by Gasteiger charge is -2.36. The molecule has 0 saturated carbocycles. The monoisotopic (exact) mass is 476 g/mol. The van der Waals surface area contributed by atoms with Gasteiger partial charge >= 0.3 is 0 Å². The van der Waals surface area contributed by atoms with E-state index in [0.717, 1.165) is 17.0 Å². The smallest absolute Gasteiger partial charge is 0.225 e. The van der Waals surface area contributed by atoms with Gasteiger partial charge in [-0.1, -0.05) is 18.2 Å². The summed E-state index contributed by atoms with van der Waals surface area (Å²) in [6.07, 6.45) is 1.06. The van der Waals surface area contributed by atoms with Crippen LogP contribution in [0.2, 0.25) is 0 Å². The number of rotatable bonds is 5. The standard InChI is InChI=1S/C27H29FN4O3/c1-17-26-21(14-19(15-23(26)33)18-8-9-24(34-2)25(16-18)35-3)30-27(29-17)32-12-10-31(11-13-32)22-7-5-4-6-20(22)28/h4-9,16,19H,10-15H2,1-3H3. The Morgan fingerprint density at radius 3 is 2.34 bits per heavy atom. The second kappa shape index (κ2) is 9.52. The van der Waals surface area contributed by atoms with E-state index in [2.05, 4.69) is 9.88 Å². The number of carbonyl (C=O) groups excluding carboxylic acids is 1. The molecule has 3 aromatic rings. The van der Waals surface area contributed by atoms with E-state index in [4.69, 9.17) is 14.5 Å². The van der Waals surface area contributed by atoms with Crippen LogP contribution in [0.3, 0.4) is 0 Å². The van der Waals surface area contributed by atoms with Crippen molar-refractivity contribution in [2.75, 3.05) is 50.2 Å². The molecule has 8 heteroatoms. The van der Waals surface area contributed by atoms with Crippen LogP contribution >= 0.6 is 0 Å². The van der Waals surface area contributed by atoms with Gasteiger partial charge in [-0.05, 0) is 49.1 Å². The molecule has 0 bridgehead atoms. The maximum absolute atomic E-state index is 14.2. The number of ketones is 1. The summed E-state index contributed by atoms with van der Waals surface area (Å²) in [6, 6.07) is 12.7. The van der Waals surface area contributed by atoms with Crippen LogP contribution in [0.4, 0.5) is 16.0 Å². The number of nitrogens with zero attached hydrogens (tertiary/aromatic N) is 4. The molecule has 2 aromatic carbocycles. The van der Waals surface area contributed by atoms with E-state index in [9.17, 15) is 9.18 Å². The number of anilines is 2. The van der Waals surface area contributed by atoms with Gasteiger partial charge in [0.1, 0.15) is 5.82 Å². The van der Waals surface area contributed by atoms with Gasteiger partial charge in [0.2, 0.25) is 5.95 Å². The number of carbonyl (C=O) groups is 1. The number of hydrogen-bond donors (Lipinski definition) is 0. The van der Waals surface area contributed by atoms with E-state index in [-0.39, 0.29) is 17.5 Å². The predicted molar refractivity (Wildman–Crippen MR) is 133 cm³/mol. The highest BCUT2D eigenvalue weighted by molar-refractivity contribution is 5.99. The second-order valence-electron chi connectivity index (χ2n) is 9.00. The van der Waals surface area contributed by atoms with Crippen molar-refractivity contribution in [2.24, 2.45) is 0 Å². The van der Waals surface area contributed by atoms with Crippen LogP contribution in [0.1, 0.15) is 39.6 Å². The molecule has 7 nitrogen and oxygen atoms in total. The average Bonchev–Trinajstić information content (AvgIpc) is 2.88. The SMILES string of the molecule is COc1ccc(C2CC(=O)c3c(C)nc(N4CCN(c5ccccc5F)CC4)nc3C2)cc1OC. The summed E-state index contributed by atoms with van der Waals surface area (Å²) >= 11 is 0. The minimum atomic E-state index is -0.207. The predicted octanol–water partition coefficient (Wildman–Crippen LogP) is 4.18. The number of halogens is 1. The second-order valence-corrected chi connectivity index (χ2v) is 9.00. The fourth-order valence-corrected chi connectivity index (χ4v) is 5.10. The molecule has 1 saturated heterocycles. The molecule has 5 rings (SSSR count). The number of para-hydroxylation sites is 1. The highest BCUT2D eigenvalue weighted by Gasteiger charge is 2.31.